The normalized spacial score (nSPS) is 11.4. The third-order valence-corrected chi connectivity index (χ3v) is 15.3. The zero-order chi connectivity index (χ0) is 55.2. The van der Waals surface area contributed by atoms with Crippen molar-refractivity contribution in [3.63, 3.8) is 0 Å². The Morgan fingerprint density at radius 2 is 0.532 bits per heavy atom. The lowest BCUT2D eigenvalue weighted by Gasteiger charge is -2.25. The number of hydrogen-bond acceptors (Lipinski definition) is 7. The molecule has 0 aliphatic heterocycles. The first-order chi connectivity index (χ1) is 38.1. The van der Waals surface area contributed by atoms with E-state index in [2.05, 4.69) is 64.1 Å². The molecule has 0 spiro atoms. The summed E-state index contributed by atoms with van der Waals surface area (Å²) in [6, 6.07) is 17.0. The number of nitriles is 2. The Hall–Kier alpha value is -3.84. The first-order valence-electron chi connectivity index (χ1n) is 33.1. The van der Waals surface area contributed by atoms with Crippen LogP contribution < -0.4 is 18.9 Å². The Morgan fingerprint density at radius 1 is 0.325 bits per heavy atom. The van der Waals surface area contributed by atoms with Crippen molar-refractivity contribution < 1.29 is 18.9 Å². The van der Waals surface area contributed by atoms with Crippen LogP contribution in [0, 0.1) is 22.7 Å². The van der Waals surface area contributed by atoms with E-state index in [1.807, 2.05) is 17.0 Å². The maximum absolute atomic E-state index is 10.5. The summed E-state index contributed by atoms with van der Waals surface area (Å²) in [5, 5.41) is 20.4. The average molecular weight is 1070 g/mol. The van der Waals surface area contributed by atoms with Crippen LogP contribution in [0.3, 0.4) is 0 Å². The Kier molecular flexibility index (Phi) is 47.5. The van der Waals surface area contributed by atoms with Crippen LogP contribution in [-0.2, 0) is 13.1 Å². The van der Waals surface area contributed by atoms with Crippen molar-refractivity contribution in [3.05, 3.63) is 59.3 Å². The van der Waals surface area contributed by atoms with Crippen LogP contribution in [0.15, 0.2) is 48.2 Å². The molecule has 0 amide bonds. The molecule has 2 rings (SSSR count). The molecule has 0 unspecified atom stereocenters. The fourth-order valence-corrected chi connectivity index (χ4v) is 10.5. The van der Waals surface area contributed by atoms with Crippen LogP contribution in [0.4, 0.5) is 0 Å². The predicted octanol–water partition coefficient (Wildman–Crippen LogP) is 22.4. The van der Waals surface area contributed by atoms with Gasteiger partial charge < -0.3 is 23.8 Å². The van der Waals surface area contributed by atoms with Gasteiger partial charge in [0.15, 0.2) is 0 Å². The lowest BCUT2D eigenvalue weighted by molar-refractivity contribution is 0.285. The summed E-state index contributed by atoms with van der Waals surface area (Å²) < 4.78 is 25.9. The van der Waals surface area contributed by atoms with Crippen LogP contribution in [0.5, 0.6) is 23.0 Å². The van der Waals surface area contributed by atoms with Crippen LogP contribution >= 0.6 is 0 Å². The number of nitrogens with zero attached hydrogens (tertiary/aromatic N) is 3. The van der Waals surface area contributed by atoms with Crippen LogP contribution in [0.1, 0.15) is 321 Å². The van der Waals surface area contributed by atoms with Gasteiger partial charge >= 0.3 is 0 Å². The molecule has 0 atom stereocenters. The fraction of sp³-hybridized carbons (Fsp3) is 0.771. The number of ether oxygens (including phenoxy) is 4. The Bertz CT molecular complexity index is 1550. The molecule has 0 saturated carbocycles. The van der Waals surface area contributed by atoms with Gasteiger partial charge in [0.25, 0.3) is 0 Å². The van der Waals surface area contributed by atoms with Crippen molar-refractivity contribution in [1.29, 1.82) is 10.5 Å². The van der Waals surface area contributed by atoms with E-state index in [9.17, 15) is 10.5 Å². The minimum atomic E-state index is 0.318. The Labute approximate surface area is 476 Å². The smallest absolute Gasteiger partial charge is 0.127 e. The van der Waals surface area contributed by atoms with Gasteiger partial charge in [-0.2, -0.15) is 10.5 Å². The van der Waals surface area contributed by atoms with Gasteiger partial charge in [-0.25, -0.2) is 0 Å². The molecule has 0 bridgehead atoms. The summed E-state index contributed by atoms with van der Waals surface area (Å²) in [5.41, 5.74) is 2.27. The molecule has 7 heteroatoms. The lowest BCUT2D eigenvalue weighted by Crippen LogP contribution is -2.22. The average Bonchev–Trinajstić information content (AvgIpc) is 3.43. The van der Waals surface area contributed by atoms with Gasteiger partial charge in [0.1, 0.15) is 34.8 Å². The molecule has 0 fully saturated rings. The topological polar surface area (TPSA) is 87.7 Å². The van der Waals surface area contributed by atoms with E-state index in [-0.39, 0.29) is 0 Å². The predicted molar refractivity (Wildman–Crippen MR) is 329 cm³/mol. The van der Waals surface area contributed by atoms with E-state index in [1.165, 1.54) is 263 Å². The maximum Gasteiger partial charge on any atom is 0.127 e. The molecule has 0 N–H and O–H groups in total. The molecule has 0 aromatic heterocycles. The summed E-state index contributed by atoms with van der Waals surface area (Å²) in [6.07, 6.45) is 58.4. The zero-order valence-electron chi connectivity index (χ0n) is 50.9. The first kappa shape index (κ1) is 69.3. The van der Waals surface area contributed by atoms with Gasteiger partial charge in [-0.05, 0) is 61.1 Å². The Morgan fingerprint density at radius 3 is 0.727 bits per heavy atom. The molecule has 0 aliphatic carbocycles. The van der Waals surface area contributed by atoms with E-state index >= 15 is 0 Å². The summed E-state index contributed by atoms with van der Waals surface area (Å²) in [4.78, 5) is 2.00. The van der Waals surface area contributed by atoms with Crippen LogP contribution in [0.2, 0.25) is 0 Å². The fourth-order valence-electron chi connectivity index (χ4n) is 10.5. The molecule has 2 aromatic carbocycles. The third-order valence-electron chi connectivity index (χ3n) is 15.3. The standard InChI is InChI=1S/C70H119N3O4/c1-5-9-13-17-21-25-29-33-37-41-45-51-74-67-55-64(56-68(59-67)75-52-46-42-38-34-30-26-22-18-14-10-6-2)62-73(66(61-72)49-50-71)63-65-57-69(76-53-47-43-39-35-31-27-23-19-15-11-7-3)60-70(58-65)77-54-48-44-40-36-32-28-24-20-16-12-8-4/h49,55-60H,5-48,51-54,62-63H2,1-4H3/b66-49+. The van der Waals surface area contributed by atoms with Crippen LogP contribution in [-0.4, -0.2) is 31.3 Å². The molecule has 0 aliphatic rings. The van der Waals surface area contributed by atoms with Gasteiger partial charge in [-0.3, -0.25) is 0 Å². The summed E-state index contributed by atoms with van der Waals surface area (Å²) in [6.45, 7) is 12.6. The molecular formula is C70H119N3O4. The van der Waals surface area contributed by atoms with Gasteiger partial charge in [0.05, 0.1) is 38.6 Å². The first-order valence-corrected chi connectivity index (χ1v) is 33.1. The Balaban J connectivity index is 2.18. The van der Waals surface area contributed by atoms with Gasteiger partial charge in [0.2, 0.25) is 0 Å². The number of allylic oxidation sites excluding steroid dienone is 2. The SMILES string of the molecule is CCCCCCCCCCCCCOc1cc(CN(Cc2cc(OCCCCCCCCCCCCC)cc(OCCCCCCCCCCCCC)c2)/C(C#N)=C/C#N)cc(OCCCCCCCCCCCCC)c1. The second kappa shape index (κ2) is 52.8. The highest BCUT2D eigenvalue weighted by Crippen LogP contribution is 2.30. The molecule has 0 saturated heterocycles. The maximum atomic E-state index is 10.5. The zero-order valence-corrected chi connectivity index (χ0v) is 50.9. The molecule has 0 heterocycles. The second-order valence-electron chi connectivity index (χ2n) is 22.8. The van der Waals surface area contributed by atoms with Gasteiger partial charge in [0, 0.05) is 25.2 Å². The van der Waals surface area contributed by atoms with E-state index < -0.39 is 0 Å². The van der Waals surface area contributed by atoms with E-state index in [0.29, 0.717) is 45.2 Å². The summed E-state index contributed by atoms with van der Waals surface area (Å²) in [5.74, 6) is 3.17. The van der Waals surface area contributed by atoms with Crippen molar-refractivity contribution >= 4 is 0 Å². The van der Waals surface area contributed by atoms with E-state index in [4.69, 9.17) is 18.9 Å². The molecule has 2 aromatic rings. The molecule has 77 heavy (non-hydrogen) atoms. The van der Waals surface area contributed by atoms with E-state index in [0.717, 1.165) is 59.8 Å². The highest BCUT2D eigenvalue weighted by Gasteiger charge is 2.16. The number of hydrogen-bond donors (Lipinski definition) is 0. The van der Waals surface area contributed by atoms with Gasteiger partial charge in [-0.15, -0.1) is 0 Å². The summed E-state index contributed by atoms with van der Waals surface area (Å²) >= 11 is 0. The van der Waals surface area contributed by atoms with Crippen molar-refractivity contribution in [2.45, 2.75) is 323 Å². The number of rotatable bonds is 57. The minimum Gasteiger partial charge on any atom is -0.493 e. The quantitative estimate of drug-likeness (QED) is 0.0482. The second-order valence-corrected chi connectivity index (χ2v) is 22.8. The van der Waals surface area contributed by atoms with Crippen molar-refractivity contribution in [2.24, 2.45) is 0 Å². The molecule has 0 radical (unpaired) electrons. The van der Waals surface area contributed by atoms with E-state index in [1.54, 1.807) is 0 Å². The summed E-state index contributed by atoms with van der Waals surface area (Å²) in [7, 11) is 0. The van der Waals surface area contributed by atoms with Crippen molar-refractivity contribution in [1.82, 2.24) is 4.90 Å². The van der Waals surface area contributed by atoms with Crippen LogP contribution in [0.25, 0.3) is 0 Å². The number of benzene rings is 2. The minimum absolute atomic E-state index is 0.318. The highest BCUT2D eigenvalue weighted by atomic mass is 16.5. The molecule has 438 valence electrons. The molecule has 7 nitrogen and oxygen atoms in total. The van der Waals surface area contributed by atoms with Crippen molar-refractivity contribution in [3.8, 4) is 35.1 Å². The monoisotopic (exact) mass is 1070 g/mol. The lowest BCUT2D eigenvalue weighted by atomic mass is 10.1. The number of unbranched alkanes of at least 4 members (excludes halogenated alkanes) is 40. The largest absolute Gasteiger partial charge is 0.493 e. The van der Waals surface area contributed by atoms with Gasteiger partial charge in [-0.1, -0.05) is 285 Å². The van der Waals surface area contributed by atoms with Crippen molar-refractivity contribution in [2.75, 3.05) is 26.4 Å². The molecular weight excluding hydrogens is 947 g/mol. The highest BCUT2D eigenvalue weighted by molar-refractivity contribution is 5.41. The third kappa shape index (κ3) is 40.9.